The minimum atomic E-state index is 0.816. The lowest BCUT2D eigenvalue weighted by Gasteiger charge is -2.11. The largest absolute Gasteiger partial charge is 0.495 e. The highest BCUT2D eigenvalue weighted by molar-refractivity contribution is 9.10. The lowest BCUT2D eigenvalue weighted by molar-refractivity contribution is 0.416. The van der Waals surface area contributed by atoms with Crippen LogP contribution in [0.1, 0.15) is 10.4 Å². The molecule has 90 valence electrons. The third kappa shape index (κ3) is 3.23. The second-order valence-electron chi connectivity index (χ2n) is 3.79. The summed E-state index contributed by atoms with van der Waals surface area (Å²) in [6.07, 6.45) is 0. The number of hydrogen-bond donors (Lipinski definition) is 1. The molecule has 1 heterocycles. The van der Waals surface area contributed by atoms with Gasteiger partial charge in [0.2, 0.25) is 0 Å². The monoisotopic (exact) mass is 311 g/mol. The Labute approximate surface area is 114 Å². The number of nitrogens with one attached hydrogen (secondary N) is 1. The highest BCUT2D eigenvalue weighted by atomic mass is 79.9. The zero-order valence-electron chi connectivity index (χ0n) is 9.79. The number of ether oxygens (including phenoxy) is 1. The Bertz CT molecular complexity index is 510. The van der Waals surface area contributed by atoms with Crippen LogP contribution in [0.3, 0.4) is 0 Å². The SMILES string of the molecule is COc1ccc(C)cc1NCc1cc(Br)cs1. The maximum absolute atomic E-state index is 5.33. The smallest absolute Gasteiger partial charge is 0.141 e. The predicted octanol–water partition coefficient (Wildman–Crippen LogP) is 4.44. The molecule has 0 aliphatic carbocycles. The van der Waals surface area contributed by atoms with Crippen molar-refractivity contribution in [2.75, 3.05) is 12.4 Å². The topological polar surface area (TPSA) is 21.3 Å². The Kier molecular flexibility index (Phi) is 4.07. The van der Waals surface area contributed by atoms with Crippen molar-refractivity contribution in [3.8, 4) is 5.75 Å². The summed E-state index contributed by atoms with van der Waals surface area (Å²) in [5, 5.41) is 5.49. The predicted molar refractivity (Wildman–Crippen MR) is 77.1 cm³/mol. The molecule has 0 bridgehead atoms. The molecule has 17 heavy (non-hydrogen) atoms. The lowest BCUT2D eigenvalue weighted by atomic mass is 10.2. The zero-order chi connectivity index (χ0) is 12.3. The first-order valence-corrected chi connectivity index (χ1v) is 6.97. The molecule has 2 aromatic rings. The van der Waals surface area contributed by atoms with E-state index in [1.54, 1.807) is 18.4 Å². The van der Waals surface area contributed by atoms with Crippen molar-refractivity contribution in [3.05, 3.63) is 44.6 Å². The van der Waals surface area contributed by atoms with Gasteiger partial charge in [-0.15, -0.1) is 11.3 Å². The molecule has 1 aromatic heterocycles. The Morgan fingerprint density at radius 3 is 2.82 bits per heavy atom. The van der Waals surface area contributed by atoms with Gasteiger partial charge in [0.15, 0.2) is 0 Å². The average molecular weight is 312 g/mol. The van der Waals surface area contributed by atoms with Crippen LogP contribution in [0, 0.1) is 6.92 Å². The van der Waals surface area contributed by atoms with Crippen LogP contribution in [0.4, 0.5) is 5.69 Å². The first-order chi connectivity index (χ1) is 8.19. The summed E-state index contributed by atoms with van der Waals surface area (Å²) in [7, 11) is 1.69. The first-order valence-electron chi connectivity index (χ1n) is 5.30. The summed E-state index contributed by atoms with van der Waals surface area (Å²) >= 11 is 5.19. The van der Waals surface area contributed by atoms with Crippen molar-refractivity contribution < 1.29 is 4.74 Å². The van der Waals surface area contributed by atoms with Crippen molar-refractivity contribution in [2.24, 2.45) is 0 Å². The second kappa shape index (κ2) is 5.56. The number of halogens is 1. The van der Waals surface area contributed by atoms with Crippen LogP contribution < -0.4 is 10.1 Å². The summed E-state index contributed by atoms with van der Waals surface area (Å²) in [6.45, 7) is 2.89. The summed E-state index contributed by atoms with van der Waals surface area (Å²) in [5.74, 6) is 0.881. The molecule has 0 fully saturated rings. The lowest BCUT2D eigenvalue weighted by Crippen LogP contribution is -2.00. The number of thiophene rings is 1. The molecular weight excluding hydrogens is 298 g/mol. The number of hydrogen-bond acceptors (Lipinski definition) is 3. The molecule has 0 aliphatic rings. The third-order valence-corrected chi connectivity index (χ3v) is 4.13. The van der Waals surface area contributed by atoms with Crippen molar-refractivity contribution in [3.63, 3.8) is 0 Å². The van der Waals surface area contributed by atoms with Gasteiger partial charge in [-0.05, 0) is 46.6 Å². The molecule has 0 radical (unpaired) electrons. The normalized spacial score (nSPS) is 10.3. The summed E-state index contributed by atoms with van der Waals surface area (Å²) < 4.78 is 6.46. The highest BCUT2D eigenvalue weighted by Crippen LogP contribution is 2.27. The van der Waals surface area contributed by atoms with Gasteiger partial charge in [-0.25, -0.2) is 0 Å². The van der Waals surface area contributed by atoms with Crippen molar-refractivity contribution in [2.45, 2.75) is 13.5 Å². The van der Waals surface area contributed by atoms with Gasteiger partial charge in [0.25, 0.3) is 0 Å². The molecular formula is C13H14BrNOS. The van der Waals surface area contributed by atoms with Gasteiger partial charge in [0.05, 0.1) is 12.8 Å². The molecule has 4 heteroatoms. The van der Waals surface area contributed by atoms with Crippen molar-refractivity contribution in [1.82, 2.24) is 0 Å². The van der Waals surface area contributed by atoms with E-state index in [0.717, 1.165) is 22.5 Å². The fourth-order valence-corrected chi connectivity index (χ4v) is 2.98. The van der Waals surface area contributed by atoms with E-state index in [2.05, 4.69) is 45.7 Å². The van der Waals surface area contributed by atoms with Gasteiger partial charge in [-0.3, -0.25) is 0 Å². The fraction of sp³-hybridized carbons (Fsp3) is 0.231. The fourth-order valence-electron chi connectivity index (χ4n) is 1.59. The summed E-state index contributed by atoms with van der Waals surface area (Å²) in [6, 6.07) is 8.26. The van der Waals surface area contributed by atoms with Crippen LogP contribution in [-0.4, -0.2) is 7.11 Å². The van der Waals surface area contributed by atoms with Gasteiger partial charge in [-0.1, -0.05) is 6.07 Å². The molecule has 0 saturated heterocycles. The number of methoxy groups -OCH3 is 1. The van der Waals surface area contributed by atoms with Crippen LogP contribution in [0.25, 0.3) is 0 Å². The molecule has 0 saturated carbocycles. The standard InChI is InChI=1S/C13H14BrNOS/c1-9-3-4-13(16-2)12(5-9)15-7-11-6-10(14)8-17-11/h3-6,8,15H,7H2,1-2H3. The number of rotatable bonds is 4. The molecule has 0 aliphatic heterocycles. The molecule has 0 atom stereocenters. The highest BCUT2D eigenvalue weighted by Gasteiger charge is 2.03. The molecule has 0 amide bonds. The van der Waals surface area contributed by atoms with Gasteiger partial charge in [0.1, 0.15) is 5.75 Å². The van der Waals surface area contributed by atoms with E-state index in [1.807, 2.05) is 12.1 Å². The van der Waals surface area contributed by atoms with E-state index in [4.69, 9.17) is 4.74 Å². The quantitative estimate of drug-likeness (QED) is 0.901. The minimum Gasteiger partial charge on any atom is -0.495 e. The van der Waals surface area contributed by atoms with Crippen LogP contribution in [0.5, 0.6) is 5.75 Å². The van der Waals surface area contributed by atoms with E-state index in [1.165, 1.54) is 10.4 Å². The molecule has 1 aromatic carbocycles. The Morgan fingerprint density at radius 1 is 1.35 bits per heavy atom. The molecule has 0 unspecified atom stereocenters. The van der Waals surface area contributed by atoms with Crippen LogP contribution >= 0.6 is 27.3 Å². The Morgan fingerprint density at radius 2 is 2.18 bits per heavy atom. The molecule has 2 rings (SSSR count). The number of benzene rings is 1. The van der Waals surface area contributed by atoms with Gasteiger partial charge >= 0.3 is 0 Å². The van der Waals surface area contributed by atoms with Crippen LogP contribution in [0.15, 0.2) is 34.1 Å². The van der Waals surface area contributed by atoms with Gasteiger partial charge in [-0.2, -0.15) is 0 Å². The van der Waals surface area contributed by atoms with Crippen molar-refractivity contribution >= 4 is 33.0 Å². The number of anilines is 1. The maximum Gasteiger partial charge on any atom is 0.141 e. The van der Waals surface area contributed by atoms with Crippen LogP contribution in [-0.2, 0) is 6.54 Å². The second-order valence-corrected chi connectivity index (χ2v) is 5.70. The van der Waals surface area contributed by atoms with Gasteiger partial charge < -0.3 is 10.1 Å². The van der Waals surface area contributed by atoms with E-state index in [9.17, 15) is 0 Å². The van der Waals surface area contributed by atoms with E-state index in [-0.39, 0.29) is 0 Å². The maximum atomic E-state index is 5.33. The molecule has 0 spiro atoms. The zero-order valence-corrected chi connectivity index (χ0v) is 12.2. The first kappa shape index (κ1) is 12.5. The molecule has 1 N–H and O–H groups in total. The number of aryl methyl sites for hydroxylation is 1. The average Bonchev–Trinajstić information content (AvgIpc) is 2.73. The van der Waals surface area contributed by atoms with Crippen molar-refractivity contribution in [1.29, 1.82) is 0 Å². The van der Waals surface area contributed by atoms with E-state index >= 15 is 0 Å². The summed E-state index contributed by atoms with van der Waals surface area (Å²) in [5.41, 5.74) is 2.26. The third-order valence-electron chi connectivity index (χ3n) is 2.43. The van der Waals surface area contributed by atoms with E-state index < -0.39 is 0 Å². The van der Waals surface area contributed by atoms with E-state index in [0.29, 0.717) is 0 Å². The Hall–Kier alpha value is -1.000. The summed E-state index contributed by atoms with van der Waals surface area (Å²) in [4.78, 5) is 1.29. The minimum absolute atomic E-state index is 0.816. The van der Waals surface area contributed by atoms with Crippen LogP contribution in [0.2, 0.25) is 0 Å². The van der Waals surface area contributed by atoms with Gasteiger partial charge in [0, 0.05) is 21.3 Å². The molecule has 2 nitrogen and oxygen atoms in total. The Balaban J connectivity index is 2.10.